The summed E-state index contributed by atoms with van der Waals surface area (Å²) in [6, 6.07) is 5.44. The smallest absolute Gasteiger partial charge is 0.401 e. The zero-order chi connectivity index (χ0) is 23.4. The van der Waals surface area contributed by atoms with E-state index in [1.165, 1.54) is 18.3 Å². The van der Waals surface area contributed by atoms with Crippen molar-refractivity contribution >= 4 is 38.4 Å². The van der Waals surface area contributed by atoms with Crippen LogP contribution < -0.4 is 5.63 Å². The first-order valence-corrected chi connectivity index (χ1v) is 9.84. The average Bonchev–Trinajstić information content (AvgIpc) is 3.13. The van der Waals surface area contributed by atoms with E-state index in [0.717, 1.165) is 16.8 Å². The average molecular weight is 536 g/mol. The summed E-state index contributed by atoms with van der Waals surface area (Å²) in [5.74, 6) is -3.95. The third-order valence-corrected chi connectivity index (χ3v) is 5.25. The van der Waals surface area contributed by atoms with E-state index < -0.39 is 34.9 Å². The van der Waals surface area contributed by atoms with Crippen LogP contribution in [0.5, 0.6) is 0 Å². The fourth-order valence-corrected chi connectivity index (χ4v) is 3.62. The summed E-state index contributed by atoms with van der Waals surface area (Å²) in [5, 5.41) is 3.20. The van der Waals surface area contributed by atoms with Crippen LogP contribution in [0, 0.1) is 0 Å². The number of halogens is 7. The molecular formula is C19H9BrClF5N4O2. The summed E-state index contributed by atoms with van der Waals surface area (Å²) >= 11 is 9.14. The number of aromatic nitrogens is 4. The zero-order valence-electron chi connectivity index (χ0n) is 15.7. The zero-order valence-corrected chi connectivity index (χ0v) is 18.1. The van der Waals surface area contributed by atoms with Crippen LogP contribution in [0.2, 0.25) is 5.02 Å². The minimum Gasteiger partial charge on any atom is -0.401 e. The third kappa shape index (κ3) is 3.99. The highest BCUT2D eigenvalue weighted by molar-refractivity contribution is 9.10. The van der Waals surface area contributed by atoms with E-state index in [-0.39, 0.29) is 31.9 Å². The number of hydrogen-bond acceptors (Lipinski definition) is 5. The molecule has 32 heavy (non-hydrogen) atoms. The van der Waals surface area contributed by atoms with Crippen molar-refractivity contribution in [1.29, 1.82) is 0 Å². The van der Waals surface area contributed by atoms with Gasteiger partial charge in [0.2, 0.25) is 5.89 Å². The van der Waals surface area contributed by atoms with Crippen molar-refractivity contribution in [2.24, 2.45) is 0 Å². The number of fused-ring (bicyclic) bond motifs is 1. The second-order valence-corrected chi connectivity index (χ2v) is 7.94. The molecule has 3 aromatic heterocycles. The summed E-state index contributed by atoms with van der Waals surface area (Å²) in [4.78, 5) is 20.6. The second-order valence-electron chi connectivity index (χ2n) is 6.68. The van der Waals surface area contributed by atoms with Crippen molar-refractivity contribution in [3.05, 3.63) is 67.7 Å². The molecule has 0 aliphatic carbocycles. The number of hydrogen-bond donors (Lipinski definition) is 0. The summed E-state index contributed by atoms with van der Waals surface area (Å²) in [5.41, 5.74) is -3.31. The number of benzene rings is 1. The van der Waals surface area contributed by atoms with Gasteiger partial charge in [0, 0.05) is 29.2 Å². The van der Waals surface area contributed by atoms with Gasteiger partial charge in [-0.3, -0.25) is 0 Å². The first kappa shape index (κ1) is 22.3. The van der Waals surface area contributed by atoms with Gasteiger partial charge < -0.3 is 4.42 Å². The van der Waals surface area contributed by atoms with Crippen LogP contribution in [0.15, 0.2) is 50.2 Å². The third-order valence-electron chi connectivity index (χ3n) is 4.35. The normalized spacial score (nSPS) is 12.5. The number of alkyl halides is 5. The Hall–Kier alpha value is -2.86. The van der Waals surface area contributed by atoms with Crippen LogP contribution in [-0.2, 0) is 12.1 Å². The Morgan fingerprint density at radius 3 is 2.50 bits per heavy atom. The van der Waals surface area contributed by atoms with Crippen molar-refractivity contribution in [2.45, 2.75) is 19.0 Å². The Kier molecular flexibility index (Phi) is 5.32. The number of rotatable bonds is 3. The summed E-state index contributed by atoms with van der Waals surface area (Å²) in [6.07, 6.45) is -3.55. The van der Waals surface area contributed by atoms with Crippen LogP contribution in [0.25, 0.3) is 28.3 Å². The van der Waals surface area contributed by atoms with Crippen LogP contribution in [0.3, 0.4) is 0 Å². The molecule has 0 radical (unpaired) electrons. The van der Waals surface area contributed by atoms with Crippen LogP contribution in [0.4, 0.5) is 22.0 Å². The Morgan fingerprint density at radius 1 is 1.16 bits per heavy atom. The van der Waals surface area contributed by atoms with Gasteiger partial charge in [0.25, 0.3) is 5.92 Å². The molecule has 166 valence electrons. The lowest BCUT2D eigenvalue weighted by Gasteiger charge is -2.12. The molecule has 0 saturated carbocycles. The second kappa shape index (κ2) is 7.62. The lowest BCUT2D eigenvalue weighted by molar-refractivity contribution is -0.141. The monoisotopic (exact) mass is 534 g/mol. The van der Waals surface area contributed by atoms with Crippen molar-refractivity contribution in [3.8, 4) is 17.4 Å². The van der Waals surface area contributed by atoms with Crippen molar-refractivity contribution in [1.82, 2.24) is 19.7 Å². The predicted octanol–water partition coefficient (Wildman–Crippen LogP) is 5.98. The highest BCUT2D eigenvalue weighted by Gasteiger charge is 2.36. The van der Waals surface area contributed by atoms with E-state index in [2.05, 4.69) is 31.0 Å². The van der Waals surface area contributed by atoms with Gasteiger partial charge in [-0.15, -0.1) is 0 Å². The minimum absolute atomic E-state index is 0.0234. The fourth-order valence-electron chi connectivity index (χ4n) is 2.87. The van der Waals surface area contributed by atoms with Crippen LogP contribution in [0.1, 0.15) is 18.2 Å². The maximum absolute atomic E-state index is 13.7. The molecule has 0 aliphatic rings. The molecule has 0 spiro atoms. The molecule has 0 amide bonds. The quantitative estimate of drug-likeness (QED) is 0.302. The molecule has 0 fully saturated rings. The molecule has 0 bridgehead atoms. The van der Waals surface area contributed by atoms with Crippen molar-refractivity contribution in [2.75, 3.05) is 0 Å². The van der Waals surface area contributed by atoms with Crippen molar-refractivity contribution in [3.63, 3.8) is 0 Å². The Morgan fingerprint density at radius 2 is 1.88 bits per heavy atom. The Labute approximate surface area is 188 Å². The SMILES string of the molecule is CC(F)(F)c1cc(Br)c2nc(-c3cc(C(F)(F)F)nn3-c3ncccc3Cl)oc(=O)c2c1. The summed E-state index contributed by atoms with van der Waals surface area (Å²) in [7, 11) is 0. The van der Waals surface area contributed by atoms with E-state index in [9.17, 15) is 26.7 Å². The highest BCUT2D eigenvalue weighted by Crippen LogP contribution is 2.36. The van der Waals surface area contributed by atoms with Gasteiger partial charge >= 0.3 is 11.8 Å². The lowest BCUT2D eigenvalue weighted by Crippen LogP contribution is -2.11. The summed E-state index contributed by atoms with van der Waals surface area (Å²) in [6.45, 7) is 0.651. The maximum atomic E-state index is 13.7. The molecule has 4 rings (SSSR count). The molecule has 3 heterocycles. The van der Waals surface area contributed by atoms with Gasteiger partial charge in [-0.25, -0.2) is 28.2 Å². The van der Waals surface area contributed by atoms with Gasteiger partial charge in [0.15, 0.2) is 11.5 Å². The fraction of sp³-hybridized carbons (Fsp3) is 0.158. The van der Waals surface area contributed by atoms with Crippen LogP contribution in [-0.4, -0.2) is 19.7 Å². The molecule has 1 aromatic carbocycles. The standard InChI is InChI=1S/C19H9BrClF5N4O2/c1-18(22,23)8-5-9-14(10(20)6-8)28-16(32-17(9)31)12-7-13(19(24,25)26)29-30(12)15-11(21)3-2-4-27-15/h2-7H,1H3. The Balaban J connectivity index is 2.00. The highest BCUT2D eigenvalue weighted by atomic mass is 79.9. The van der Waals surface area contributed by atoms with E-state index in [1.807, 2.05) is 0 Å². The van der Waals surface area contributed by atoms with E-state index in [0.29, 0.717) is 13.0 Å². The van der Waals surface area contributed by atoms with E-state index in [4.69, 9.17) is 16.0 Å². The summed E-state index contributed by atoms with van der Waals surface area (Å²) < 4.78 is 73.3. The number of nitrogens with zero attached hydrogens (tertiary/aromatic N) is 4. The van der Waals surface area contributed by atoms with Crippen molar-refractivity contribution < 1.29 is 26.4 Å². The largest absolute Gasteiger partial charge is 0.435 e. The van der Waals surface area contributed by atoms with Gasteiger partial charge in [-0.2, -0.15) is 18.3 Å². The first-order chi connectivity index (χ1) is 14.9. The number of pyridine rings is 1. The molecule has 0 N–H and O–H groups in total. The predicted molar refractivity (Wildman–Crippen MR) is 108 cm³/mol. The molecule has 0 atom stereocenters. The van der Waals surface area contributed by atoms with E-state index in [1.54, 1.807) is 0 Å². The topological polar surface area (TPSA) is 73.8 Å². The lowest BCUT2D eigenvalue weighted by atomic mass is 10.1. The maximum Gasteiger partial charge on any atom is 0.435 e. The minimum atomic E-state index is -4.83. The molecule has 0 unspecified atom stereocenters. The van der Waals surface area contributed by atoms with Gasteiger partial charge in [-0.05, 0) is 40.2 Å². The van der Waals surface area contributed by atoms with Gasteiger partial charge in [0.05, 0.1) is 15.9 Å². The molecule has 13 heteroatoms. The van der Waals surface area contributed by atoms with Crippen LogP contribution >= 0.6 is 27.5 Å². The molecule has 6 nitrogen and oxygen atoms in total. The molecule has 0 saturated heterocycles. The molecule has 4 aromatic rings. The molecular weight excluding hydrogens is 527 g/mol. The van der Waals surface area contributed by atoms with Gasteiger partial charge in [-0.1, -0.05) is 11.6 Å². The first-order valence-electron chi connectivity index (χ1n) is 8.67. The van der Waals surface area contributed by atoms with E-state index >= 15 is 0 Å². The van der Waals surface area contributed by atoms with Gasteiger partial charge in [0.1, 0.15) is 5.69 Å². The Bertz CT molecular complexity index is 1410. The molecule has 0 aliphatic heterocycles.